The Hall–Kier alpha value is -2.34. The van der Waals surface area contributed by atoms with Crippen LogP contribution < -0.4 is 10.9 Å². The van der Waals surface area contributed by atoms with Gasteiger partial charge in [0.1, 0.15) is 0 Å². The minimum Gasteiger partial charge on any atom is -0.348 e. The van der Waals surface area contributed by atoms with Gasteiger partial charge in [-0.05, 0) is 54.7 Å². The first-order valence-electron chi connectivity index (χ1n) is 9.88. The van der Waals surface area contributed by atoms with Crippen molar-refractivity contribution in [2.45, 2.75) is 32.7 Å². The number of fused-ring (bicyclic) bond motifs is 3. The fraction of sp³-hybridized carbons (Fsp3) is 0.304. The highest BCUT2D eigenvalue weighted by Gasteiger charge is 2.25. The lowest BCUT2D eigenvalue weighted by molar-refractivity contribution is 0.615. The van der Waals surface area contributed by atoms with E-state index in [0.717, 1.165) is 54.9 Å². The summed E-state index contributed by atoms with van der Waals surface area (Å²) in [6.07, 6.45) is 8.87. The van der Waals surface area contributed by atoms with E-state index in [4.69, 9.17) is 0 Å². The maximum atomic E-state index is 12.9. The van der Waals surface area contributed by atoms with Crippen LogP contribution in [0.5, 0.6) is 0 Å². The van der Waals surface area contributed by atoms with Crippen LogP contribution in [0.4, 0.5) is 0 Å². The fourth-order valence-electron chi connectivity index (χ4n) is 4.50. The van der Waals surface area contributed by atoms with Crippen LogP contribution in [0.25, 0.3) is 22.9 Å². The molecule has 2 aliphatic rings. The van der Waals surface area contributed by atoms with Crippen molar-refractivity contribution in [3.63, 3.8) is 0 Å². The number of hydrogen-bond donors (Lipinski definition) is 1. The monoisotopic (exact) mass is 444 g/mol. The summed E-state index contributed by atoms with van der Waals surface area (Å²) in [7, 11) is 2.15. The minimum absolute atomic E-state index is 0. The third kappa shape index (κ3) is 3.73. The lowest BCUT2D eigenvalue weighted by Crippen LogP contribution is -2.24. The summed E-state index contributed by atoms with van der Waals surface area (Å²) in [5, 5.41) is 3.49. The van der Waals surface area contributed by atoms with Gasteiger partial charge < -0.3 is 9.88 Å². The zero-order valence-electron chi connectivity index (χ0n) is 17.1. The number of aromatic nitrogens is 3. The van der Waals surface area contributed by atoms with E-state index in [1.54, 1.807) is 10.6 Å². The van der Waals surface area contributed by atoms with Crippen molar-refractivity contribution in [1.82, 2.24) is 19.4 Å². The number of rotatable bonds is 2. The highest BCUT2D eigenvalue weighted by Crippen LogP contribution is 2.33. The van der Waals surface area contributed by atoms with Gasteiger partial charge in [0.2, 0.25) is 0 Å². The zero-order valence-corrected chi connectivity index (χ0v) is 18.8. The number of pyridine rings is 2. The molecule has 0 amide bonds. The van der Waals surface area contributed by atoms with Gasteiger partial charge >= 0.3 is 0 Å². The van der Waals surface area contributed by atoms with Crippen LogP contribution >= 0.6 is 24.8 Å². The molecule has 0 bridgehead atoms. The van der Waals surface area contributed by atoms with Gasteiger partial charge in [0.05, 0.1) is 0 Å². The lowest BCUT2D eigenvalue weighted by atomic mass is 9.95. The molecule has 1 aliphatic heterocycles. The normalized spacial score (nSPS) is 14.7. The van der Waals surface area contributed by atoms with Crippen LogP contribution in [0, 0.1) is 6.92 Å². The standard InChI is InChI=1S/C23H24N4O.2ClH/c1-15-3-4-17(13-25-15)16-8-10-27(23(28)11-16)18-5-6-19-20-14-24-9-7-21(20)26(2)22(19)12-18;;/h3-4,8,10-13,24H,5-7,9,14H2,1-2H3;2*1H. The molecule has 0 radical (unpaired) electrons. The Balaban J connectivity index is 0.00000128. The molecule has 4 heterocycles. The third-order valence-corrected chi connectivity index (χ3v) is 6.04. The Morgan fingerprint density at radius 3 is 2.60 bits per heavy atom. The van der Waals surface area contributed by atoms with Gasteiger partial charge in [-0.3, -0.25) is 14.3 Å². The Kier molecular flexibility index (Phi) is 6.56. The summed E-state index contributed by atoms with van der Waals surface area (Å²) in [5.74, 6) is 0. The molecule has 0 atom stereocenters. The van der Waals surface area contributed by atoms with E-state index in [1.165, 1.54) is 22.5 Å². The molecule has 0 saturated heterocycles. The zero-order chi connectivity index (χ0) is 19.3. The summed E-state index contributed by atoms with van der Waals surface area (Å²) < 4.78 is 4.11. The predicted molar refractivity (Wildman–Crippen MR) is 126 cm³/mol. The van der Waals surface area contributed by atoms with Crippen molar-refractivity contribution in [3.05, 3.63) is 75.2 Å². The molecule has 5 nitrogen and oxygen atoms in total. The Morgan fingerprint density at radius 2 is 1.87 bits per heavy atom. The summed E-state index contributed by atoms with van der Waals surface area (Å²) in [4.78, 5) is 17.2. The second-order valence-corrected chi connectivity index (χ2v) is 7.72. The molecule has 5 rings (SSSR count). The van der Waals surface area contributed by atoms with Gasteiger partial charge in [-0.1, -0.05) is 6.07 Å². The van der Waals surface area contributed by atoms with Crippen LogP contribution in [-0.4, -0.2) is 20.7 Å². The summed E-state index contributed by atoms with van der Waals surface area (Å²) in [6, 6.07) is 7.70. The molecule has 1 N–H and O–H groups in total. The molecule has 0 saturated carbocycles. The largest absolute Gasteiger partial charge is 0.348 e. The van der Waals surface area contributed by atoms with Crippen LogP contribution in [0.1, 0.15) is 34.6 Å². The number of nitrogens with zero attached hydrogens (tertiary/aromatic N) is 3. The van der Waals surface area contributed by atoms with Crippen molar-refractivity contribution >= 4 is 36.6 Å². The number of allylic oxidation sites excluding steroid dienone is 1. The van der Waals surface area contributed by atoms with E-state index in [1.807, 2.05) is 37.5 Å². The van der Waals surface area contributed by atoms with Gasteiger partial charge in [0.25, 0.3) is 5.56 Å². The first-order chi connectivity index (χ1) is 13.6. The van der Waals surface area contributed by atoms with Crippen LogP contribution in [0.2, 0.25) is 0 Å². The smallest absolute Gasteiger partial charge is 0.255 e. The summed E-state index contributed by atoms with van der Waals surface area (Å²) in [5.41, 5.74) is 9.54. The topological polar surface area (TPSA) is 51.9 Å². The Bertz CT molecular complexity index is 1160. The molecule has 0 fully saturated rings. The first kappa shape index (κ1) is 22.3. The van der Waals surface area contributed by atoms with E-state index in [9.17, 15) is 4.79 Å². The van der Waals surface area contributed by atoms with Crippen molar-refractivity contribution in [2.75, 3.05) is 6.54 Å². The van der Waals surface area contributed by atoms with Crippen molar-refractivity contribution < 1.29 is 0 Å². The molecule has 158 valence electrons. The maximum Gasteiger partial charge on any atom is 0.255 e. The highest BCUT2D eigenvalue weighted by molar-refractivity contribution is 5.85. The Labute approximate surface area is 188 Å². The van der Waals surface area contributed by atoms with Gasteiger partial charge in [0.15, 0.2) is 0 Å². The molecule has 1 aliphatic carbocycles. The minimum atomic E-state index is 0. The summed E-state index contributed by atoms with van der Waals surface area (Å²) in [6.45, 7) is 3.96. The van der Waals surface area contributed by atoms with E-state index in [0.29, 0.717) is 0 Å². The molecule has 3 aromatic heterocycles. The molecule has 0 aromatic carbocycles. The second kappa shape index (κ2) is 8.80. The highest BCUT2D eigenvalue weighted by atomic mass is 35.5. The van der Waals surface area contributed by atoms with Crippen molar-refractivity contribution in [2.24, 2.45) is 7.05 Å². The van der Waals surface area contributed by atoms with E-state index >= 15 is 0 Å². The van der Waals surface area contributed by atoms with Crippen molar-refractivity contribution in [3.8, 4) is 11.1 Å². The van der Waals surface area contributed by atoms with Gasteiger partial charge in [-0.25, -0.2) is 0 Å². The summed E-state index contributed by atoms with van der Waals surface area (Å²) >= 11 is 0. The first-order valence-corrected chi connectivity index (χ1v) is 9.88. The molecule has 0 spiro atoms. The number of nitrogens with one attached hydrogen (secondary N) is 1. The van der Waals surface area contributed by atoms with Gasteiger partial charge in [-0.15, -0.1) is 24.8 Å². The van der Waals surface area contributed by atoms with Crippen LogP contribution in [-0.2, 0) is 26.4 Å². The quantitative estimate of drug-likeness (QED) is 0.649. The SMILES string of the molecule is Cc1ccc(-c2ccn(C3=Cc4c(c5c(n4C)CCNC5)CC3)c(=O)c2)cn1.Cl.Cl. The molecular formula is C23H26Cl2N4O. The predicted octanol–water partition coefficient (Wildman–Crippen LogP) is 3.99. The van der Waals surface area contributed by atoms with E-state index in [-0.39, 0.29) is 30.4 Å². The van der Waals surface area contributed by atoms with Gasteiger partial charge in [0, 0.05) is 73.4 Å². The average Bonchev–Trinajstić information content (AvgIpc) is 3.01. The average molecular weight is 445 g/mol. The third-order valence-electron chi connectivity index (χ3n) is 6.04. The van der Waals surface area contributed by atoms with Crippen LogP contribution in [0.15, 0.2) is 41.5 Å². The fourth-order valence-corrected chi connectivity index (χ4v) is 4.50. The Morgan fingerprint density at radius 1 is 1.03 bits per heavy atom. The maximum absolute atomic E-state index is 12.9. The molecule has 7 heteroatoms. The molecule has 3 aromatic rings. The van der Waals surface area contributed by atoms with E-state index in [2.05, 4.69) is 28.0 Å². The van der Waals surface area contributed by atoms with E-state index < -0.39 is 0 Å². The molecular weight excluding hydrogens is 419 g/mol. The van der Waals surface area contributed by atoms with Crippen molar-refractivity contribution in [1.29, 1.82) is 0 Å². The molecule has 30 heavy (non-hydrogen) atoms. The lowest BCUT2D eigenvalue weighted by Gasteiger charge is -2.18. The van der Waals surface area contributed by atoms with Crippen LogP contribution in [0.3, 0.4) is 0 Å². The van der Waals surface area contributed by atoms with Gasteiger partial charge in [-0.2, -0.15) is 0 Å². The number of aryl methyl sites for hydroxylation is 1. The second-order valence-electron chi connectivity index (χ2n) is 7.72. The molecule has 0 unspecified atom stereocenters. The number of halogens is 2. The number of hydrogen-bond acceptors (Lipinski definition) is 3.